The number of thiol groups is 1. The van der Waals surface area contributed by atoms with Crippen LogP contribution in [0.25, 0.3) is 0 Å². The summed E-state index contributed by atoms with van der Waals surface area (Å²) in [5.41, 5.74) is 9.78. The molecular formula is C34H27BS. The van der Waals surface area contributed by atoms with Crippen molar-refractivity contribution in [1.29, 1.82) is 0 Å². The molecule has 0 saturated carbocycles. The highest BCUT2D eigenvalue weighted by Crippen LogP contribution is 2.15. The van der Waals surface area contributed by atoms with E-state index in [0.29, 0.717) is 0 Å². The van der Waals surface area contributed by atoms with Crippen LogP contribution < -0.4 is 5.46 Å². The molecular weight excluding hydrogens is 451 g/mol. The average molecular weight is 478 g/mol. The minimum atomic E-state index is 0.906. The highest BCUT2D eigenvalue weighted by atomic mass is 32.1. The van der Waals surface area contributed by atoms with Crippen LogP contribution in [-0.4, -0.2) is 7.85 Å². The Bertz CT molecular complexity index is 1440. The third-order valence-electron chi connectivity index (χ3n) is 5.93. The molecule has 0 saturated heterocycles. The normalized spacial score (nSPS) is 9.75. The van der Waals surface area contributed by atoms with Gasteiger partial charge in [-0.3, -0.25) is 0 Å². The van der Waals surface area contributed by atoms with E-state index in [4.69, 9.17) is 0 Å². The van der Waals surface area contributed by atoms with Gasteiger partial charge in [0.25, 0.3) is 0 Å². The highest BCUT2D eigenvalue weighted by Gasteiger charge is 2.01. The molecule has 0 bridgehead atoms. The van der Waals surface area contributed by atoms with E-state index in [0.717, 1.165) is 51.1 Å². The summed E-state index contributed by atoms with van der Waals surface area (Å²) in [6.45, 7) is 4.31. The van der Waals surface area contributed by atoms with Crippen LogP contribution in [0.4, 0.5) is 0 Å². The van der Waals surface area contributed by atoms with Gasteiger partial charge >= 0.3 is 0 Å². The van der Waals surface area contributed by atoms with Crippen LogP contribution in [0.2, 0.25) is 0 Å². The maximum absolute atomic E-state index is 4.33. The van der Waals surface area contributed by atoms with Crippen LogP contribution in [0, 0.1) is 35.5 Å². The Morgan fingerprint density at radius 1 is 0.528 bits per heavy atom. The number of hydrogen-bond donors (Lipinski definition) is 1. The molecule has 4 rings (SSSR count). The monoisotopic (exact) mass is 478 g/mol. The molecule has 0 atom stereocenters. The van der Waals surface area contributed by atoms with Crippen molar-refractivity contribution < 1.29 is 0 Å². The molecule has 0 unspecified atom stereocenters. The Labute approximate surface area is 222 Å². The predicted octanol–water partition coefficient (Wildman–Crippen LogP) is 5.56. The van der Waals surface area contributed by atoms with Gasteiger partial charge in [0, 0.05) is 38.3 Å². The Morgan fingerprint density at radius 2 is 0.917 bits per heavy atom. The zero-order valence-corrected chi connectivity index (χ0v) is 21.8. The summed E-state index contributed by atoms with van der Waals surface area (Å²) in [7, 11) is 2.09. The number of hydrogen-bond acceptors (Lipinski definition) is 1. The molecule has 0 radical (unpaired) electrons. The summed E-state index contributed by atoms with van der Waals surface area (Å²) in [4.78, 5) is 0.939. The van der Waals surface area contributed by atoms with E-state index in [1.165, 1.54) is 16.6 Å². The van der Waals surface area contributed by atoms with Crippen molar-refractivity contribution in [1.82, 2.24) is 0 Å². The van der Waals surface area contributed by atoms with E-state index in [2.05, 4.69) is 131 Å². The lowest BCUT2D eigenvalue weighted by Crippen LogP contribution is -1.99. The van der Waals surface area contributed by atoms with Gasteiger partial charge in [-0.1, -0.05) is 67.0 Å². The van der Waals surface area contributed by atoms with E-state index in [1.54, 1.807) is 0 Å². The first-order valence-corrected chi connectivity index (χ1v) is 12.7. The Hall–Kier alpha value is -4.03. The quantitative estimate of drug-likeness (QED) is 0.218. The van der Waals surface area contributed by atoms with Gasteiger partial charge in [0.2, 0.25) is 0 Å². The molecule has 172 valence electrons. The second kappa shape index (κ2) is 12.1. The molecule has 0 aromatic heterocycles. The zero-order chi connectivity index (χ0) is 25.3. The molecule has 0 nitrogen and oxygen atoms in total. The van der Waals surface area contributed by atoms with Crippen LogP contribution in [0.5, 0.6) is 0 Å². The molecule has 0 amide bonds. The van der Waals surface area contributed by atoms with Crippen LogP contribution in [0.3, 0.4) is 0 Å². The van der Waals surface area contributed by atoms with E-state index >= 15 is 0 Å². The Morgan fingerprint density at radius 3 is 1.36 bits per heavy atom. The summed E-state index contributed by atoms with van der Waals surface area (Å²) in [5, 5.41) is 0. The van der Waals surface area contributed by atoms with Gasteiger partial charge < -0.3 is 0 Å². The SMILES string of the molecule is Bc1ccc(C#Cc2ccc(C#Cc3ccc(C#Cc4ccc(S)cc4)c(CC)c3)cc2CC)cc1. The fraction of sp³-hybridized carbons (Fsp3) is 0.118. The van der Waals surface area contributed by atoms with E-state index in [1.807, 2.05) is 24.3 Å². The molecule has 4 aromatic carbocycles. The molecule has 0 N–H and O–H groups in total. The largest absolute Gasteiger partial charge is 0.143 e. The van der Waals surface area contributed by atoms with Crippen LogP contribution in [0.1, 0.15) is 58.4 Å². The summed E-state index contributed by atoms with van der Waals surface area (Å²) < 4.78 is 0. The van der Waals surface area contributed by atoms with Gasteiger partial charge in [-0.2, -0.15) is 0 Å². The smallest absolute Gasteiger partial charge is 0.139 e. The van der Waals surface area contributed by atoms with Gasteiger partial charge in [0.1, 0.15) is 7.85 Å². The van der Waals surface area contributed by atoms with E-state index in [9.17, 15) is 0 Å². The van der Waals surface area contributed by atoms with Crippen molar-refractivity contribution in [2.75, 3.05) is 0 Å². The van der Waals surface area contributed by atoms with Crippen molar-refractivity contribution in [3.05, 3.63) is 129 Å². The summed E-state index contributed by atoms with van der Waals surface area (Å²) in [6.07, 6.45) is 1.82. The van der Waals surface area contributed by atoms with Crippen LogP contribution in [0.15, 0.2) is 89.8 Å². The van der Waals surface area contributed by atoms with E-state index in [-0.39, 0.29) is 0 Å². The highest BCUT2D eigenvalue weighted by molar-refractivity contribution is 7.80. The van der Waals surface area contributed by atoms with Crippen molar-refractivity contribution in [3.8, 4) is 35.5 Å². The molecule has 0 aliphatic rings. The zero-order valence-electron chi connectivity index (χ0n) is 20.9. The minimum Gasteiger partial charge on any atom is -0.143 e. The molecule has 0 aliphatic heterocycles. The third-order valence-corrected chi connectivity index (χ3v) is 6.22. The number of benzene rings is 4. The van der Waals surface area contributed by atoms with Gasteiger partial charge in [-0.05, 0) is 96.8 Å². The topological polar surface area (TPSA) is 0 Å². The molecule has 0 heterocycles. The predicted molar refractivity (Wildman–Crippen MR) is 158 cm³/mol. The fourth-order valence-corrected chi connectivity index (χ4v) is 3.93. The fourth-order valence-electron chi connectivity index (χ4n) is 3.78. The maximum atomic E-state index is 4.33. The Kier molecular flexibility index (Phi) is 8.42. The third kappa shape index (κ3) is 6.77. The molecule has 0 spiro atoms. The van der Waals surface area contributed by atoms with Gasteiger partial charge in [0.15, 0.2) is 0 Å². The lowest BCUT2D eigenvalue weighted by atomic mass is 9.95. The molecule has 0 aliphatic carbocycles. The summed E-state index contributed by atoms with van der Waals surface area (Å²) >= 11 is 4.33. The van der Waals surface area contributed by atoms with Crippen LogP contribution >= 0.6 is 12.6 Å². The average Bonchev–Trinajstić information content (AvgIpc) is 2.91. The van der Waals surface area contributed by atoms with Crippen molar-refractivity contribution >= 4 is 25.9 Å². The minimum absolute atomic E-state index is 0.906. The van der Waals surface area contributed by atoms with Gasteiger partial charge in [-0.25, -0.2) is 0 Å². The van der Waals surface area contributed by atoms with Crippen molar-refractivity contribution in [2.24, 2.45) is 0 Å². The van der Waals surface area contributed by atoms with E-state index < -0.39 is 0 Å². The van der Waals surface area contributed by atoms with Gasteiger partial charge in [0.05, 0.1) is 0 Å². The van der Waals surface area contributed by atoms with Crippen molar-refractivity contribution in [3.63, 3.8) is 0 Å². The lowest BCUT2D eigenvalue weighted by Gasteiger charge is -2.03. The summed E-state index contributed by atoms with van der Waals surface area (Å²) in [5.74, 6) is 19.8. The second-order valence-electron chi connectivity index (χ2n) is 8.61. The standard InChI is InChI=1S/C34H27BS/c1-3-29-23-27(9-17-31(29)15-7-25-11-19-33(35)20-12-25)5-6-28-10-18-32(30(4-2)24-28)16-8-26-13-21-34(36)22-14-26/h9-14,17-24,36H,3-4,35H2,1-2H3. The first kappa shape index (κ1) is 25.1. The first-order chi connectivity index (χ1) is 17.5. The van der Waals surface area contributed by atoms with Crippen LogP contribution in [-0.2, 0) is 12.8 Å². The second-order valence-corrected chi connectivity index (χ2v) is 9.13. The number of aryl methyl sites for hydroxylation is 2. The Balaban J connectivity index is 1.54. The maximum Gasteiger partial charge on any atom is 0.139 e. The van der Waals surface area contributed by atoms with Crippen molar-refractivity contribution in [2.45, 2.75) is 31.6 Å². The molecule has 0 fully saturated rings. The summed E-state index contributed by atoms with van der Waals surface area (Å²) in [6, 6.07) is 28.8. The molecule has 4 aromatic rings. The molecule has 36 heavy (non-hydrogen) atoms. The lowest BCUT2D eigenvalue weighted by molar-refractivity contribution is 1.13. The first-order valence-electron chi connectivity index (χ1n) is 12.2. The number of rotatable bonds is 2. The molecule has 2 heteroatoms. The van der Waals surface area contributed by atoms with Gasteiger partial charge in [-0.15, -0.1) is 12.6 Å².